The zero-order valence-corrected chi connectivity index (χ0v) is 16.2. The lowest BCUT2D eigenvalue weighted by molar-refractivity contribution is 0.0698. The van der Waals surface area contributed by atoms with Gasteiger partial charge in [-0.15, -0.1) is 0 Å². The van der Waals surface area contributed by atoms with Crippen molar-refractivity contribution in [1.82, 2.24) is 9.97 Å². The second kappa shape index (κ2) is 8.64. The Kier molecular flexibility index (Phi) is 5.60. The molecule has 30 heavy (non-hydrogen) atoms. The van der Waals surface area contributed by atoms with Gasteiger partial charge in [0.15, 0.2) is 5.76 Å². The molecular weight excluding hydrogens is 386 g/mol. The molecule has 0 atom stereocenters. The van der Waals surface area contributed by atoms with Crippen molar-refractivity contribution in [2.45, 2.75) is 6.42 Å². The maximum Gasteiger partial charge on any atom is 0.337 e. The largest absolute Gasteiger partial charge is 0.478 e. The molecule has 154 valence electrons. The molecule has 0 aliphatic carbocycles. The van der Waals surface area contributed by atoms with Crippen molar-refractivity contribution in [3.8, 4) is 0 Å². The number of hydrogen-bond donors (Lipinski definition) is 2. The number of carbonyl (C=O) groups is 2. The van der Waals surface area contributed by atoms with Gasteiger partial charge in [-0.3, -0.25) is 4.79 Å². The predicted molar refractivity (Wildman–Crippen MR) is 111 cm³/mol. The summed E-state index contributed by atoms with van der Waals surface area (Å²) in [5.41, 5.74) is 1.04. The molecule has 0 unspecified atom stereocenters. The summed E-state index contributed by atoms with van der Waals surface area (Å²) in [6, 6.07) is 9.92. The Balaban J connectivity index is 1.51. The van der Waals surface area contributed by atoms with Gasteiger partial charge < -0.3 is 24.6 Å². The van der Waals surface area contributed by atoms with E-state index in [2.05, 4.69) is 25.1 Å². The van der Waals surface area contributed by atoms with Gasteiger partial charge in [-0.2, -0.15) is 0 Å². The van der Waals surface area contributed by atoms with Crippen LogP contribution in [-0.2, 0) is 0 Å². The van der Waals surface area contributed by atoms with E-state index in [4.69, 9.17) is 4.42 Å². The van der Waals surface area contributed by atoms with Crippen LogP contribution >= 0.6 is 0 Å². The van der Waals surface area contributed by atoms with E-state index in [-0.39, 0.29) is 17.0 Å². The Morgan fingerprint density at radius 2 is 1.77 bits per heavy atom. The van der Waals surface area contributed by atoms with Gasteiger partial charge in [0.2, 0.25) is 5.95 Å². The van der Waals surface area contributed by atoms with Gasteiger partial charge >= 0.3 is 5.97 Å². The summed E-state index contributed by atoms with van der Waals surface area (Å²) in [5, 5.41) is 12.3. The molecule has 1 aliphatic heterocycles. The monoisotopic (exact) mass is 407 g/mol. The molecular formula is C21H21N5O4. The maximum atomic E-state index is 12.2. The highest BCUT2D eigenvalue weighted by Crippen LogP contribution is 2.25. The molecule has 4 rings (SSSR count). The zero-order chi connectivity index (χ0) is 20.9. The second-order valence-corrected chi connectivity index (χ2v) is 6.84. The Hall–Kier alpha value is -3.88. The predicted octanol–water partition coefficient (Wildman–Crippen LogP) is 2.74. The molecule has 9 heteroatoms. The SMILES string of the molecule is O=C(Nc1ccc(N2CCCN(c3ncccn3)CC2)cc1C(=O)O)c1ccco1. The number of carboxylic acids is 1. The molecule has 0 bridgehead atoms. The van der Waals surface area contributed by atoms with Gasteiger partial charge in [-0.1, -0.05) is 0 Å². The van der Waals surface area contributed by atoms with E-state index in [9.17, 15) is 14.7 Å². The number of hydrogen-bond acceptors (Lipinski definition) is 7. The van der Waals surface area contributed by atoms with Gasteiger partial charge in [0.25, 0.3) is 5.91 Å². The van der Waals surface area contributed by atoms with Crippen molar-refractivity contribution >= 4 is 29.2 Å². The van der Waals surface area contributed by atoms with Crippen LogP contribution in [0.1, 0.15) is 27.3 Å². The number of benzene rings is 1. The molecule has 0 saturated carbocycles. The molecule has 0 radical (unpaired) electrons. The normalized spacial score (nSPS) is 14.3. The molecule has 1 saturated heterocycles. The van der Waals surface area contributed by atoms with Gasteiger partial charge in [0.1, 0.15) is 0 Å². The number of carbonyl (C=O) groups excluding carboxylic acids is 1. The van der Waals surface area contributed by atoms with Crippen molar-refractivity contribution in [2.75, 3.05) is 41.3 Å². The minimum Gasteiger partial charge on any atom is -0.478 e. The number of aromatic nitrogens is 2. The van der Waals surface area contributed by atoms with Crippen molar-refractivity contribution in [1.29, 1.82) is 0 Å². The number of anilines is 3. The minimum absolute atomic E-state index is 0.0277. The molecule has 0 spiro atoms. The molecule has 3 aromatic rings. The number of furan rings is 1. The molecule has 1 amide bonds. The van der Waals surface area contributed by atoms with Gasteiger partial charge in [0.05, 0.1) is 17.5 Å². The standard InChI is InChI=1S/C21H21N5O4/c27-19(18-4-1-13-30-18)24-17-6-5-15(14-16(17)20(28)29)25-9-3-10-26(12-11-25)21-22-7-2-8-23-21/h1-2,4-8,13-14H,3,9-12H2,(H,24,27)(H,28,29). The first-order valence-corrected chi connectivity index (χ1v) is 9.61. The summed E-state index contributed by atoms with van der Waals surface area (Å²) in [7, 11) is 0. The third-order valence-corrected chi connectivity index (χ3v) is 4.92. The quantitative estimate of drug-likeness (QED) is 0.664. The fraction of sp³-hybridized carbons (Fsp3) is 0.238. The summed E-state index contributed by atoms with van der Waals surface area (Å²) in [4.78, 5) is 36.9. The molecule has 1 aliphatic rings. The van der Waals surface area contributed by atoms with Crippen LogP contribution < -0.4 is 15.1 Å². The average molecular weight is 407 g/mol. The zero-order valence-electron chi connectivity index (χ0n) is 16.2. The van der Waals surface area contributed by atoms with E-state index in [0.717, 1.165) is 31.7 Å². The molecule has 2 aromatic heterocycles. The topological polar surface area (TPSA) is 112 Å². The maximum absolute atomic E-state index is 12.2. The van der Waals surface area contributed by atoms with E-state index in [1.54, 1.807) is 36.7 Å². The second-order valence-electron chi connectivity index (χ2n) is 6.84. The lowest BCUT2D eigenvalue weighted by Crippen LogP contribution is -2.31. The highest BCUT2D eigenvalue weighted by atomic mass is 16.4. The van der Waals surface area contributed by atoms with Crippen LogP contribution in [0.4, 0.5) is 17.3 Å². The Labute approximate surface area is 173 Å². The summed E-state index contributed by atoms with van der Waals surface area (Å²) in [5.74, 6) is -0.794. The van der Waals surface area contributed by atoms with Gasteiger partial charge in [-0.25, -0.2) is 14.8 Å². The van der Waals surface area contributed by atoms with Crippen molar-refractivity contribution in [3.63, 3.8) is 0 Å². The third-order valence-electron chi connectivity index (χ3n) is 4.92. The molecule has 9 nitrogen and oxygen atoms in total. The molecule has 1 aromatic carbocycles. The van der Waals surface area contributed by atoms with E-state index in [1.165, 1.54) is 12.3 Å². The number of nitrogens with one attached hydrogen (secondary N) is 1. The molecule has 3 heterocycles. The Morgan fingerprint density at radius 1 is 1.00 bits per heavy atom. The lowest BCUT2D eigenvalue weighted by atomic mass is 10.1. The van der Waals surface area contributed by atoms with Crippen LogP contribution in [0.2, 0.25) is 0 Å². The number of carboxylic acid groups (broad SMARTS) is 1. The first-order valence-electron chi connectivity index (χ1n) is 9.61. The van der Waals surface area contributed by atoms with Crippen LogP contribution in [0.5, 0.6) is 0 Å². The average Bonchev–Trinajstić information content (AvgIpc) is 3.19. The number of aromatic carboxylic acids is 1. The van der Waals surface area contributed by atoms with E-state index in [0.29, 0.717) is 12.5 Å². The summed E-state index contributed by atoms with van der Waals surface area (Å²) >= 11 is 0. The molecule has 2 N–H and O–H groups in total. The van der Waals surface area contributed by atoms with Crippen LogP contribution in [0.15, 0.2) is 59.5 Å². The van der Waals surface area contributed by atoms with Crippen molar-refractivity contribution in [2.24, 2.45) is 0 Å². The molecule has 1 fully saturated rings. The summed E-state index contributed by atoms with van der Waals surface area (Å²) < 4.78 is 5.06. The Bertz CT molecular complexity index is 1020. The van der Waals surface area contributed by atoms with Crippen molar-refractivity contribution < 1.29 is 19.1 Å². The first-order chi connectivity index (χ1) is 14.6. The third kappa shape index (κ3) is 4.24. The van der Waals surface area contributed by atoms with E-state index < -0.39 is 11.9 Å². The van der Waals surface area contributed by atoms with E-state index >= 15 is 0 Å². The highest BCUT2D eigenvalue weighted by molar-refractivity contribution is 6.06. The van der Waals surface area contributed by atoms with Crippen LogP contribution in [-0.4, -0.2) is 53.1 Å². The van der Waals surface area contributed by atoms with Crippen LogP contribution in [0.3, 0.4) is 0 Å². The number of amides is 1. The fourth-order valence-corrected chi connectivity index (χ4v) is 3.44. The van der Waals surface area contributed by atoms with Crippen LogP contribution in [0.25, 0.3) is 0 Å². The van der Waals surface area contributed by atoms with Crippen molar-refractivity contribution in [3.05, 3.63) is 66.4 Å². The summed E-state index contributed by atoms with van der Waals surface area (Å²) in [6.45, 7) is 3.03. The minimum atomic E-state index is -1.11. The highest BCUT2D eigenvalue weighted by Gasteiger charge is 2.20. The number of rotatable bonds is 5. The first kappa shape index (κ1) is 19.4. The number of nitrogens with zero attached hydrogens (tertiary/aromatic N) is 4. The van der Waals surface area contributed by atoms with E-state index in [1.807, 2.05) is 6.07 Å². The van der Waals surface area contributed by atoms with Gasteiger partial charge in [0, 0.05) is 44.3 Å². The van der Waals surface area contributed by atoms with Crippen LogP contribution in [0, 0.1) is 0 Å². The summed E-state index contributed by atoms with van der Waals surface area (Å²) in [6.07, 6.45) is 5.72. The fourth-order valence-electron chi connectivity index (χ4n) is 3.44. The van der Waals surface area contributed by atoms with Gasteiger partial charge in [-0.05, 0) is 42.8 Å². The Morgan fingerprint density at radius 3 is 2.50 bits per heavy atom. The lowest BCUT2D eigenvalue weighted by Gasteiger charge is -2.24. The smallest absolute Gasteiger partial charge is 0.337 e.